The standard InChI is InChI=1S/C11H10N6O4/c12-9(18)6-3-1-2-4-8(6)21-10-7(17(19)20)5-14-11(15-10)16-13/h1-5H,13H2,(H2,12,18)(H,14,15,16). The minimum absolute atomic E-state index is 0.0368. The molecule has 0 saturated carbocycles. The van der Waals surface area contributed by atoms with Crippen LogP contribution in [0.5, 0.6) is 11.6 Å². The second kappa shape index (κ2) is 5.79. The Hall–Kier alpha value is -3.27. The number of hydrogen-bond acceptors (Lipinski definition) is 8. The normalized spacial score (nSPS) is 9.95. The third kappa shape index (κ3) is 3.01. The molecular formula is C11H10N6O4. The van der Waals surface area contributed by atoms with Crippen molar-refractivity contribution >= 4 is 17.5 Å². The minimum Gasteiger partial charge on any atom is -0.433 e. The van der Waals surface area contributed by atoms with Crippen molar-refractivity contribution in [1.82, 2.24) is 9.97 Å². The summed E-state index contributed by atoms with van der Waals surface area (Å²) in [5.74, 6) is 4.00. The molecule has 0 saturated heterocycles. The van der Waals surface area contributed by atoms with Crippen LogP contribution in [-0.2, 0) is 0 Å². The van der Waals surface area contributed by atoms with Gasteiger partial charge in [0.25, 0.3) is 5.91 Å². The van der Waals surface area contributed by atoms with Crippen molar-refractivity contribution in [3.05, 3.63) is 46.1 Å². The zero-order chi connectivity index (χ0) is 15.4. The Balaban J connectivity index is 2.48. The molecule has 0 fully saturated rings. The maximum atomic E-state index is 11.3. The zero-order valence-corrected chi connectivity index (χ0v) is 10.5. The fourth-order valence-electron chi connectivity index (χ4n) is 1.49. The van der Waals surface area contributed by atoms with E-state index in [2.05, 4.69) is 15.4 Å². The Bertz CT molecular complexity index is 705. The first kappa shape index (κ1) is 14.1. The number of nitrogens with two attached hydrogens (primary N) is 2. The molecule has 0 unspecified atom stereocenters. The van der Waals surface area contributed by atoms with Gasteiger partial charge in [-0.15, -0.1) is 0 Å². The number of amides is 1. The van der Waals surface area contributed by atoms with Gasteiger partial charge in [-0.1, -0.05) is 12.1 Å². The lowest BCUT2D eigenvalue weighted by Crippen LogP contribution is -2.13. The number of nitrogens with one attached hydrogen (secondary N) is 1. The number of carbonyl (C=O) groups excluding carboxylic acids is 1. The molecule has 1 aromatic carbocycles. The van der Waals surface area contributed by atoms with Gasteiger partial charge in [0.1, 0.15) is 11.9 Å². The average molecular weight is 290 g/mol. The van der Waals surface area contributed by atoms with Gasteiger partial charge in [-0.2, -0.15) is 4.98 Å². The highest BCUT2D eigenvalue weighted by Crippen LogP contribution is 2.31. The van der Waals surface area contributed by atoms with Crippen molar-refractivity contribution in [3.63, 3.8) is 0 Å². The number of nitro groups is 1. The van der Waals surface area contributed by atoms with Crippen molar-refractivity contribution in [1.29, 1.82) is 0 Å². The molecule has 0 aliphatic heterocycles. The second-order valence-electron chi connectivity index (χ2n) is 3.75. The van der Waals surface area contributed by atoms with Crippen LogP contribution in [0.15, 0.2) is 30.5 Å². The van der Waals surface area contributed by atoms with Gasteiger partial charge >= 0.3 is 11.6 Å². The van der Waals surface area contributed by atoms with Gasteiger partial charge in [0.15, 0.2) is 0 Å². The summed E-state index contributed by atoms with van der Waals surface area (Å²) in [5, 5.41) is 10.9. The van der Waals surface area contributed by atoms with E-state index in [-0.39, 0.29) is 23.1 Å². The van der Waals surface area contributed by atoms with E-state index in [1.807, 2.05) is 0 Å². The van der Waals surface area contributed by atoms with Gasteiger partial charge in [0, 0.05) is 0 Å². The summed E-state index contributed by atoms with van der Waals surface area (Å²) in [6.07, 6.45) is 0.935. The van der Waals surface area contributed by atoms with Crippen molar-refractivity contribution in [2.24, 2.45) is 11.6 Å². The van der Waals surface area contributed by atoms with Crippen LogP contribution in [0.25, 0.3) is 0 Å². The summed E-state index contributed by atoms with van der Waals surface area (Å²) in [7, 11) is 0. The highest BCUT2D eigenvalue weighted by molar-refractivity contribution is 5.95. The second-order valence-corrected chi connectivity index (χ2v) is 3.75. The Morgan fingerprint density at radius 2 is 2.10 bits per heavy atom. The Kier molecular flexibility index (Phi) is 3.90. The van der Waals surface area contributed by atoms with Crippen molar-refractivity contribution in [3.8, 4) is 11.6 Å². The van der Waals surface area contributed by atoms with Crippen molar-refractivity contribution in [2.75, 3.05) is 5.43 Å². The monoisotopic (exact) mass is 290 g/mol. The molecule has 2 rings (SSSR count). The number of primary amides is 1. The van der Waals surface area contributed by atoms with Gasteiger partial charge < -0.3 is 10.5 Å². The highest BCUT2D eigenvalue weighted by Gasteiger charge is 2.21. The predicted molar refractivity (Wildman–Crippen MR) is 71.5 cm³/mol. The Morgan fingerprint density at radius 3 is 2.71 bits per heavy atom. The zero-order valence-electron chi connectivity index (χ0n) is 10.5. The topological polar surface area (TPSA) is 159 Å². The molecule has 2 aromatic rings. The molecule has 0 spiro atoms. The molecule has 1 amide bonds. The lowest BCUT2D eigenvalue weighted by Gasteiger charge is -2.08. The first-order chi connectivity index (χ1) is 10.0. The van der Waals surface area contributed by atoms with Gasteiger partial charge in [-0.3, -0.25) is 20.3 Å². The van der Waals surface area contributed by atoms with E-state index in [0.717, 1.165) is 6.20 Å². The molecule has 5 N–H and O–H groups in total. The summed E-state index contributed by atoms with van der Waals surface area (Å²) >= 11 is 0. The number of hydrogen-bond donors (Lipinski definition) is 3. The Morgan fingerprint density at radius 1 is 1.38 bits per heavy atom. The molecule has 0 radical (unpaired) electrons. The lowest BCUT2D eigenvalue weighted by atomic mass is 10.2. The average Bonchev–Trinajstić information content (AvgIpc) is 2.47. The Labute approximate surface area is 117 Å². The van der Waals surface area contributed by atoms with Crippen LogP contribution in [0.1, 0.15) is 10.4 Å². The number of aromatic nitrogens is 2. The van der Waals surface area contributed by atoms with Gasteiger partial charge in [-0.05, 0) is 12.1 Å². The molecule has 21 heavy (non-hydrogen) atoms. The predicted octanol–water partition coefficient (Wildman–Crippen LogP) is 0.562. The summed E-state index contributed by atoms with van der Waals surface area (Å²) in [6, 6.07) is 6.01. The number of anilines is 1. The summed E-state index contributed by atoms with van der Waals surface area (Å²) < 4.78 is 5.32. The third-order valence-corrected chi connectivity index (χ3v) is 2.42. The van der Waals surface area contributed by atoms with Crippen LogP contribution in [0.2, 0.25) is 0 Å². The van der Waals surface area contributed by atoms with E-state index < -0.39 is 16.5 Å². The molecule has 0 bridgehead atoms. The first-order valence-corrected chi connectivity index (χ1v) is 5.57. The van der Waals surface area contributed by atoms with Gasteiger partial charge in [0.05, 0.1) is 10.5 Å². The molecule has 10 nitrogen and oxygen atoms in total. The van der Waals surface area contributed by atoms with E-state index in [0.29, 0.717) is 0 Å². The van der Waals surface area contributed by atoms with Gasteiger partial charge in [0.2, 0.25) is 5.95 Å². The number of ether oxygens (including phenoxy) is 1. The van der Waals surface area contributed by atoms with Crippen LogP contribution < -0.4 is 21.7 Å². The SMILES string of the molecule is NNc1ncc([N+](=O)[O-])c(Oc2ccccc2C(N)=O)n1. The number of carbonyl (C=O) groups is 1. The van der Waals surface area contributed by atoms with Crippen molar-refractivity contribution in [2.45, 2.75) is 0 Å². The molecule has 10 heteroatoms. The number of rotatable bonds is 5. The fourth-order valence-corrected chi connectivity index (χ4v) is 1.49. The van der Waals surface area contributed by atoms with E-state index in [4.69, 9.17) is 16.3 Å². The molecule has 0 aliphatic rings. The number of nitrogen functional groups attached to an aromatic ring is 1. The molecular weight excluding hydrogens is 280 g/mol. The van der Waals surface area contributed by atoms with Crippen LogP contribution in [0.3, 0.4) is 0 Å². The number of para-hydroxylation sites is 1. The van der Waals surface area contributed by atoms with Crippen LogP contribution in [0, 0.1) is 10.1 Å². The highest BCUT2D eigenvalue weighted by atomic mass is 16.6. The number of nitrogens with zero attached hydrogens (tertiary/aromatic N) is 3. The van der Waals surface area contributed by atoms with Gasteiger partial charge in [-0.25, -0.2) is 10.8 Å². The van der Waals surface area contributed by atoms with E-state index in [1.165, 1.54) is 12.1 Å². The molecule has 0 atom stereocenters. The molecule has 108 valence electrons. The molecule has 1 aromatic heterocycles. The molecule has 0 aliphatic carbocycles. The largest absolute Gasteiger partial charge is 0.433 e. The van der Waals surface area contributed by atoms with E-state index >= 15 is 0 Å². The maximum Gasteiger partial charge on any atom is 0.349 e. The smallest absolute Gasteiger partial charge is 0.349 e. The quantitative estimate of drug-likeness (QED) is 0.409. The summed E-state index contributed by atoms with van der Waals surface area (Å²) in [5.41, 5.74) is 6.93. The first-order valence-electron chi connectivity index (χ1n) is 5.57. The summed E-state index contributed by atoms with van der Waals surface area (Å²) in [6.45, 7) is 0. The lowest BCUT2D eigenvalue weighted by molar-refractivity contribution is -0.386. The van der Waals surface area contributed by atoms with E-state index in [1.54, 1.807) is 12.1 Å². The number of hydrazine groups is 1. The third-order valence-electron chi connectivity index (χ3n) is 2.42. The molecule has 1 heterocycles. The van der Waals surface area contributed by atoms with Crippen LogP contribution in [0.4, 0.5) is 11.6 Å². The van der Waals surface area contributed by atoms with Crippen molar-refractivity contribution < 1.29 is 14.5 Å². The van der Waals surface area contributed by atoms with E-state index in [9.17, 15) is 14.9 Å². The fraction of sp³-hybridized carbons (Fsp3) is 0. The minimum atomic E-state index is -0.737. The number of benzene rings is 1. The van der Waals surface area contributed by atoms with Crippen LogP contribution in [-0.4, -0.2) is 20.8 Å². The summed E-state index contributed by atoms with van der Waals surface area (Å²) in [4.78, 5) is 28.9. The maximum absolute atomic E-state index is 11.3. The van der Waals surface area contributed by atoms with Crippen LogP contribution >= 0.6 is 0 Å².